The zero-order valence-corrected chi connectivity index (χ0v) is 5.75. The molecule has 0 aromatic carbocycles. The molecule has 0 aromatic rings. The molecular weight excluding hydrogens is 124 g/mol. The molecular formula is C9H10O. The van der Waals surface area contributed by atoms with E-state index < -0.39 is 0 Å². The number of aliphatic hydroxyl groups excluding tert-OH is 1. The third kappa shape index (κ3) is 1.38. The number of hydrogen-bond donors (Lipinski definition) is 1. The first-order chi connectivity index (χ1) is 4.86. The van der Waals surface area contributed by atoms with Gasteiger partial charge in [0.15, 0.2) is 0 Å². The lowest BCUT2D eigenvalue weighted by Gasteiger charge is -2.02. The van der Waals surface area contributed by atoms with Crippen LogP contribution in [-0.2, 0) is 0 Å². The molecule has 0 aromatic heterocycles. The fourth-order valence-electron chi connectivity index (χ4n) is 0.822. The minimum Gasteiger partial charge on any atom is -0.515 e. The van der Waals surface area contributed by atoms with Crippen molar-refractivity contribution in [1.82, 2.24) is 0 Å². The van der Waals surface area contributed by atoms with E-state index in [4.69, 9.17) is 5.11 Å². The molecule has 0 spiro atoms. The highest BCUT2D eigenvalue weighted by atomic mass is 16.2. The van der Waals surface area contributed by atoms with E-state index in [0.717, 1.165) is 23.8 Å². The molecule has 52 valence electrons. The minimum atomic E-state index is 0.800. The van der Waals surface area contributed by atoms with E-state index in [1.807, 2.05) is 18.2 Å². The van der Waals surface area contributed by atoms with Gasteiger partial charge in [-0.1, -0.05) is 30.9 Å². The van der Waals surface area contributed by atoms with Crippen molar-refractivity contribution in [3.63, 3.8) is 0 Å². The highest BCUT2D eigenvalue weighted by molar-refractivity contribution is 5.39. The highest BCUT2D eigenvalue weighted by Gasteiger charge is 1.96. The largest absolute Gasteiger partial charge is 0.515 e. The van der Waals surface area contributed by atoms with E-state index in [2.05, 4.69) is 6.58 Å². The Labute approximate surface area is 60.7 Å². The summed E-state index contributed by atoms with van der Waals surface area (Å²) >= 11 is 0. The maximum Gasteiger partial charge on any atom is 0.0826 e. The summed E-state index contributed by atoms with van der Waals surface area (Å²) in [6.45, 7) is 3.63. The van der Waals surface area contributed by atoms with Crippen LogP contribution in [0.1, 0.15) is 6.42 Å². The lowest BCUT2D eigenvalue weighted by atomic mass is 10.0. The third-order valence-corrected chi connectivity index (χ3v) is 1.46. The van der Waals surface area contributed by atoms with E-state index in [1.54, 1.807) is 6.08 Å². The van der Waals surface area contributed by atoms with Crippen molar-refractivity contribution in [3.8, 4) is 0 Å². The first-order valence-electron chi connectivity index (χ1n) is 3.20. The zero-order valence-electron chi connectivity index (χ0n) is 5.75. The van der Waals surface area contributed by atoms with Crippen molar-refractivity contribution in [3.05, 3.63) is 48.3 Å². The summed E-state index contributed by atoms with van der Waals surface area (Å²) in [5.41, 5.74) is 2.05. The van der Waals surface area contributed by atoms with Gasteiger partial charge >= 0.3 is 0 Å². The Bertz CT molecular complexity index is 219. The van der Waals surface area contributed by atoms with Gasteiger partial charge in [0.2, 0.25) is 0 Å². The summed E-state index contributed by atoms with van der Waals surface area (Å²) in [6, 6.07) is 0. The molecule has 0 atom stereocenters. The van der Waals surface area contributed by atoms with Crippen LogP contribution in [0.2, 0.25) is 0 Å². The standard InChI is InChI=1S/C9H10O/c1-2-8-3-5-9(7-10)6-4-8/h2-5,7,10H,1,6H2. The van der Waals surface area contributed by atoms with Gasteiger partial charge < -0.3 is 5.11 Å². The van der Waals surface area contributed by atoms with Crippen LogP contribution in [0, 0.1) is 0 Å². The average Bonchev–Trinajstić information content (AvgIpc) is 2.05. The topological polar surface area (TPSA) is 20.2 Å². The molecule has 1 heteroatoms. The van der Waals surface area contributed by atoms with E-state index in [1.165, 1.54) is 0 Å². The van der Waals surface area contributed by atoms with Crippen molar-refractivity contribution in [1.29, 1.82) is 0 Å². The first kappa shape index (κ1) is 6.87. The normalized spacial score (nSPS) is 20.8. The van der Waals surface area contributed by atoms with Gasteiger partial charge in [0.1, 0.15) is 0 Å². The van der Waals surface area contributed by atoms with Crippen molar-refractivity contribution in [2.24, 2.45) is 0 Å². The van der Waals surface area contributed by atoms with Crippen LogP contribution >= 0.6 is 0 Å². The van der Waals surface area contributed by atoms with Crippen LogP contribution in [0.5, 0.6) is 0 Å². The van der Waals surface area contributed by atoms with Gasteiger partial charge in [0.25, 0.3) is 0 Å². The minimum absolute atomic E-state index is 0.800. The van der Waals surface area contributed by atoms with Gasteiger partial charge in [-0.05, 0) is 17.6 Å². The van der Waals surface area contributed by atoms with Gasteiger partial charge in [-0.3, -0.25) is 0 Å². The molecule has 0 heterocycles. The first-order valence-corrected chi connectivity index (χ1v) is 3.20. The second-order valence-corrected chi connectivity index (χ2v) is 2.15. The fourth-order valence-corrected chi connectivity index (χ4v) is 0.822. The molecule has 0 radical (unpaired) electrons. The van der Waals surface area contributed by atoms with Crippen molar-refractivity contribution in [2.45, 2.75) is 6.42 Å². The molecule has 1 aliphatic rings. The molecule has 0 fully saturated rings. The molecule has 0 amide bonds. The number of rotatable bonds is 1. The predicted octanol–water partition coefficient (Wildman–Crippen LogP) is 2.50. The molecule has 1 N–H and O–H groups in total. The Morgan fingerprint density at radius 2 is 2.30 bits per heavy atom. The monoisotopic (exact) mass is 134 g/mol. The Morgan fingerprint density at radius 3 is 2.70 bits per heavy atom. The molecule has 0 bridgehead atoms. The maximum atomic E-state index is 8.58. The SMILES string of the molecule is C=CC1=CCC(=CO)C=C1. The van der Waals surface area contributed by atoms with Crippen LogP contribution in [0.15, 0.2) is 48.3 Å². The quantitative estimate of drug-likeness (QED) is 0.546. The molecule has 0 saturated heterocycles. The second-order valence-electron chi connectivity index (χ2n) is 2.15. The van der Waals surface area contributed by atoms with E-state index in [9.17, 15) is 0 Å². The molecule has 0 saturated carbocycles. The summed E-state index contributed by atoms with van der Waals surface area (Å²) in [4.78, 5) is 0. The lowest BCUT2D eigenvalue weighted by Crippen LogP contribution is -1.84. The second kappa shape index (κ2) is 3.06. The number of hydrogen-bond acceptors (Lipinski definition) is 1. The van der Waals surface area contributed by atoms with E-state index in [0.29, 0.717) is 0 Å². The summed E-state index contributed by atoms with van der Waals surface area (Å²) in [7, 11) is 0. The van der Waals surface area contributed by atoms with E-state index in [-0.39, 0.29) is 0 Å². The zero-order chi connectivity index (χ0) is 7.40. The maximum absolute atomic E-state index is 8.58. The average molecular weight is 134 g/mol. The highest BCUT2D eigenvalue weighted by Crippen LogP contribution is 2.14. The Kier molecular flexibility index (Phi) is 2.11. The van der Waals surface area contributed by atoms with Crippen molar-refractivity contribution >= 4 is 0 Å². The van der Waals surface area contributed by atoms with Gasteiger partial charge in [-0.2, -0.15) is 0 Å². The fraction of sp³-hybridized carbons (Fsp3) is 0.111. The van der Waals surface area contributed by atoms with Crippen LogP contribution in [0.4, 0.5) is 0 Å². The van der Waals surface area contributed by atoms with Crippen molar-refractivity contribution < 1.29 is 5.11 Å². The van der Waals surface area contributed by atoms with Crippen LogP contribution in [0.3, 0.4) is 0 Å². The number of allylic oxidation sites excluding steroid dienone is 6. The number of aliphatic hydroxyl groups is 1. The van der Waals surface area contributed by atoms with Gasteiger partial charge in [0.05, 0.1) is 6.26 Å². The van der Waals surface area contributed by atoms with Crippen LogP contribution in [-0.4, -0.2) is 5.11 Å². The lowest BCUT2D eigenvalue weighted by molar-refractivity contribution is 0.468. The summed E-state index contributed by atoms with van der Waals surface area (Å²) in [5, 5.41) is 8.58. The van der Waals surface area contributed by atoms with Crippen LogP contribution in [0.25, 0.3) is 0 Å². The summed E-state index contributed by atoms with van der Waals surface area (Å²) in [6.07, 6.45) is 9.57. The molecule has 1 aliphatic carbocycles. The molecule has 10 heavy (non-hydrogen) atoms. The third-order valence-electron chi connectivity index (χ3n) is 1.46. The Hall–Kier alpha value is -1.24. The van der Waals surface area contributed by atoms with Crippen molar-refractivity contribution in [2.75, 3.05) is 0 Å². The smallest absolute Gasteiger partial charge is 0.0826 e. The molecule has 0 aliphatic heterocycles. The van der Waals surface area contributed by atoms with Gasteiger partial charge in [-0.25, -0.2) is 0 Å². The van der Waals surface area contributed by atoms with E-state index >= 15 is 0 Å². The molecule has 1 nitrogen and oxygen atoms in total. The summed E-state index contributed by atoms with van der Waals surface area (Å²) in [5.74, 6) is 0. The Balaban J connectivity index is 2.72. The van der Waals surface area contributed by atoms with Gasteiger partial charge in [-0.15, -0.1) is 0 Å². The Morgan fingerprint density at radius 1 is 1.50 bits per heavy atom. The molecule has 0 unspecified atom stereocenters. The van der Waals surface area contributed by atoms with Crippen LogP contribution < -0.4 is 0 Å². The predicted molar refractivity (Wildman–Crippen MR) is 42.7 cm³/mol. The molecule has 1 rings (SSSR count). The summed E-state index contributed by atoms with van der Waals surface area (Å²) < 4.78 is 0. The van der Waals surface area contributed by atoms with Gasteiger partial charge in [0, 0.05) is 0 Å².